The molecule has 0 spiro atoms. The Hall–Kier alpha value is -2.08. The second-order valence-corrected chi connectivity index (χ2v) is 8.70. The Labute approximate surface area is 181 Å². The quantitative estimate of drug-likeness (QED) is 0.453. The number of carbonyl (C=O) groups is 1. The van der Waals surface area contributed by atoms with Gasteiger partial charge in [-0.2, -0.15) is 0 Å². The summed E-state index contributed by atoms with van der Waals surface area (Å²) < 4.78 is 0. The normalized spacial score (nSPS) is 20.9. The van der Waals surface area contributed by atoms with E-state index < -0.39 is 0 Å². The maximum Gasteiger partial charge on any atom is 0.251 e. The summed E-state index contributed by atoms with van der Waals surface area (Å²) in [5.74, 6) is 1.72. The molecule has 1 aromatic carbocycles. The van der Waals surface area contributed by atoms with E-state index in [1.165, 1.54) is 58.0 Å². The number of likely N-dealkylation sites (tertiary alicyclic amines) is 1. The molecule has 1 atom stereocenters. The van der Waals surface area contributed by atoms with Gasteiger partial charge in [-0.3, -0.25) is 14.7 Å². The molecule has 2 aliphatic rings. The molecule has 0 aromatic heterocycles. The van der Waals surface area contributed by atoms with Gasteiger partial charge in [-0.15, -0.1) is 0 Å². The summed E-state index contributed by atoms with van der Waals surface area (Å²) in [7, 11) is 3.49. The number of aliphatic imine (C=N–C) groups is 1. The van der Waals surface area contributed by atoms with E-state index in [9.17, 15) is 4.79 Å². The lowest BCUT2D eigenvalue weighted by Crippen LogP contribution is -2.46. The molecule has 2 fully saturated rings. The van der Waals surface area contributed by atoms with Crippen LogP contribution in [-0.4, -0.2) is 63.1 Å². The van der Waals surface area contributed by atoms with Crippen LogP contribution in [0.4, 0.5) is 0 Å². The van der Waals surface area contributed by atoms with Crippen molar-refractivity contribution in [2.75, 3.05) is 40.3 Å². The Morgan fingerprint density at radius 2 is 1.97 bits per heavy atom. The molecule has 6 heteroatoms. The van der Waals surface area contributed by atoms with Crippen molar-refractivity contribution in [1.29, 1.82) is 0 Å². The zero-order valence-electron chi connectivity index (χ0n) is 18.8. The lowest BCUT2D eigenvalue weighted by atomic mass is 9.89. The third kappa shape index (κ3) is 6.73. The molecule has 1 unspecified atom stereocenters. The van der Waals surface area contributed by atoms with Crippen molar-refractivity contribution < 1.29 is 4.79 Å². The van der Waals surface area contributed by atoms with Gasteiger partial charge >= 0.3 is 0 Å². The summed E-state index contributed by atoms with van der Waals surface area (Å²) in [4.78, 5) is 18.9. The lowest BCUT2D eigenvalue weighted by Gasteiger charge is -2.31. The van der Waals surface area contributed by atoms with E-state index >= 15 is 0 Å². The molecule has 1 amide bonds. The zero-order chi connectivity index (χ0) is 21.2. The monoisotopic (exact) mass is 413 g/mol. The van der Waals surface area contributed by atoms with Gasteiger partial charge in [0.05, 0.1) is 0 Å². The first-order valence-corrected chi connectivity index (χ1v) is 11.7. The molecule has 30 heavy (non-hydrogen) atoms. The molecule has 3 rings (SSSR count). The van der Waals surface area contributed by atoms with Crippen LogP contribution >= 0.6 is 0 Å². The number of benzene rings is 1. The average Bonchev–Trinajstić information content (AvgIpc) is 3.23. The minimum absolute atomic E-state index is 0.0448. The first kappa shape index (κ1) is 22.6. The smallest absolute Gasteiger partial charge is 0.251 e. The second-order valence-electron chi connectivity index (χ2n) is 8.70. The fourth-order valence-corrected chi connectivity index (χ4v) is 4.84. The molecule has 0 bridgehead atoms. The van der Waals surface area contributed by atoms with Gasteiger partial charge < -0.3 is 16.0 Å². The standard InChI is InChI=1S/C24H39N5O/c1-25-23(30)21-11-6-10-19(16-21)13-14-27-24(26-2)28-17-22-12-7-15-29(22)18-20-8-4-3-5-9-20/h6,10-11,16,20,22H,3-5,7-9,12-15,17-18H2,1-2H3,(H,25,30)(H2,26,27,28). The molecule has 1 saturated carbocycles. The van der Waals surface area contributed by atoms with Crippen LogP contribution in [0.3, 0.4) is 0 Å². The van der Waals surface area contributed by atoms with Crippen LogP contribution in [0.5, 0.6) is 0 Å². The Balaban J connectivity index is 1.40. The molecule has 1 aliphatic carbocycles. The Kier molecular flexibility index (Phi) is 9.00. The van der Waals surface area contributed by atoms with Crippen LogP contribution in [-0.2, 0) is 6.42 Å². The predicted octanol–water partition coefficient (Wildman–Crippen LogP) is 2.80. The van der Waals surface area contributed by atoms with E-state index in [0.717, 1.165) is 37.0 Å². The van der Waals surface area contributed by atoms with Gasteiger partial charge in [0.25, 0.3) is 5.91 Å². The van der Waals surface area contributed by atoms with Gasteiger partial charge in [-0.1, -0.05) is 31.4 Å². The Morgan fingerprint density at radius 1 is 1.13 bits per heavy atom. The number of rotatable bonds is 8. The van der Waals surface area contributed by atoms with Crippen molar-refractivity contribution in [2.24, 2.45) is 10.9 Å². The number of guanidine groups is 1. The second kappa shape index (κ2) is 11.9. The van der Waals surface area contributed by atoms with E-state index in [4.69, 9.17) is 0 Å². The molecule has 1 saturated heterocycles. The lowest BCUT2D eigenvalue weighted by molar-refractivity contribution is 0.0963. The molecule has 1 heterocycles. The van der Waals surface area contributed by atoms with Crippen molar-refractivity contribution in [2.45, 2.75) is 57.4 Å². The molecule has 6 nitrogen and oxygen atoms in total. The zero-order valence-corrected chi connectivity index (χ0v) is 18.8. The fraction of sp³-hybridized carbons (Fsp3) is 0.667. The summed E-state index contributed by atoms with van der Waals surface area (Å²) in [5, 5.41) is 9.63. The highest BCUT2D eigenvalue weighted by Gasteiger charge is 2.27. The maximum absolute atomic E-state index is 11.8. The summed E-state index contributed by atoms with van der Waals surface area (Å²) in [6.07, 6.45) is 10.5. The van der Waals surface area contributed by atoms with Gasteiger partial charge in [0.2, 0.25) is 0 Å². The van der Waals surface area contributed by atoms with Crippen LogP contribution in [0, 0.1) is 5.92 Å². The minimum atomic E-state index is -0.0448. The summed E-state index contributed by atoms with van der Waals surface area (Å²) in [6, 6.07) is 8.42. The number of nitrogens with zero attached hydrogens (tertiary/aromatic N) is 2. The molecule has 166 valence electrons. The van der Waals surface area contributed by atoms with E-state index in [1.807, 2.05) is 25.2 Å². The maximum atomic E-state index is 11.8. The molecule has 3 N–H and O–H groups in total. The highest BCUT2D eigenvalue weighted by Crippen LogP contribution is 2.27. The van der Waals surface area contributed by atoms with E-state index in [-0.39, 0.29) is 5.91 Å². The van der Waals surface area contributed by atoms with Crippen LogP contribution in [0.1, 0.15) is 60.9 Å². The predicted molar refractivity (Wildman–Crippen MR) is 124 cm³/mol. The summed E-state index contributed by atoms with van der Waals surface area (Å²) in [6.45, 7) is 4.27. The number of carbonyl (C=O) groups excluding carboxylic acids is 1. The van der Waals surface area contributed by atoms with Gasteiger partial charge in [0.1, 0.15) is 0 Å². The molecular formula is C24H39N5O. The largest absolute Gasteiger partial charge is 0.356 e. The van der Waals surface area contributed by atoms with E-state index in [0.29, 0.717) is 11.6 Å². The van der Waals surface area contributed by atoms with Gasteiger partial charge in [-0.05, 0) is 62.3 Å². The number of hydrogen-bond acceptors (Lipinski definition) is 3. The number of amides is 1. The molecule has 1 aromatic rings. The Morgan fingerprint density at radius 3 is 2.73 bits per heavy atom. The topological polar surface area (TPSA) is 68.8 Å². The fourth-order valence-electron chi connectivity index (χ4n) is 4.84. The summed E-state index contributed by atoms with van der Waals surface area (Å²) >= 11 is 0. The van der Waals surface area contributed by atoms with Crippen LogP contribution in [0.15, 0.2) is 29.3 Å². The van der Waals surface area contributed by atoms with Crippen molar-refractivity contribution in [3.8, 4) is 0 Å². The van der Waals surface area contributed by atoms with Crippen molar-refractivity contribution in [1.82, 2.24) is 20.9 Å². The van der Waals surface area contributed by atoms with Crippen LogP contribution in [0.25, 0.3) is 0 Å². The molecule has 0 radical (unpaired) electrons. The third-order valence-electron chi connectivity index (χ3n) is 6.57. The van der Waals surface area contributed by atoms with E-state index in [2.05, 4.69) is 31.9 Å². The first-order chi connectivity index (χ1) is 14.7. The highest BCUT2D eigenvalue weighted by atomic mass is 16.1. The van der Waals surface area contributed by atoms with E-state index in [1.54, 1.807) is 7.05 Å². The molecular weight excluding hydrogens is 374 g/mol. The minimum Gasteiger partial charge on any atom is -0.356 e. The summed E-state index contributed by atoms with van der Waals surface area (Å²) in [5.41, 5.74) is 1.85. The molecule has 1 aliphatic heterocycles. The number of hydrogen-bond donors (Lipinski definition) is 3. The van der Waals surface area contributed by atoms with Crippen LogP contribution < -0.4 is 16.0 Å². The van der Waals surface area contributed by atoms with Crippen molar-refractivity contribution in [3.63, 3.8) is 0 Å². The SMILES string of the molecule is CN=C(NCCc1cccc(C(=O)NC)c1)NCC1CCCN1CC1CCCCC1. The number of nitrogens with one attached hydrogen (secondary N) is 3. The highest BCUT2D eigenvalue weighted by molar-refractivity contribution is 5.94. The van der Waals surface area contributed by atoms with Crippen molar-refractivity contribution in [3.05, 3.63) is 35.4 Å². The Bertz CT molecular complexity index is 699. The third-order valence-corrected chi connectivity index (χ3v) is 6.57. The average molecular weight is 414 g/mol. The van der Waals surface area contributed by atoms with Gasteiger partial charge in [0.15, 0.2) is 5.96 Å². The first-order valence-electron chi connectivity index (χ1n) is 11.7. The van der Waals surface area contributed by atoms with Crippen molar-refractivity contribution >= 4 is 11.9 Å². The van der Waals surface area contributed by atoms with Crippen LogP contribution in [0.2, 0.25) is 0 Å². The van der Waals surface area contributed by atoms with Gasteiger partial charge in [0, 0.05) is 45.3 Å². The van der Waals surface area contributed by atoms with Gasteiger partial charge in [-0.25, -0.2) is 0 Å².